The highest BCUT2D eigenvalue weighted by molar-refractivity contribution is 7.15. The van der Waals surface area contributed by atoms with Crippen molar-refractivity contribution in [3.63, 3.8) is 0 Å². The first kappa shape index (κ1) is 23.9. The van der Waals surface area contributed by atoms with E-state index in [4.69, 9.17) is 4.74 Å². The van der Waals surface area contributed by atoms with Crippen LogP contribution in [0.15, 0.2) is 60.7 Å². The molecule has 1 atom stereocenters. The minimum Gasteiger partial charge on any atom is -0.484 e. The molecule has 5 rings (SSSR count). The molecule has 2 aliphatic rings. The maximum absolute atomic E-state index is 13.4. The van der Waals surface area contributed by atoms with Crippen LogP contribution in [0.2, 0.25) is 0 Å². The molecule has 1 unspecified atom stereocenters. The van der Waals surface area contributed by atoms with Crippen LogP contribution in [0.1, 0.15) is 15.2 Å². The molecule has 36 heavy (non-hydrogen) atoms. The van der Waals surface area contributed by atoms with Crippen LogP contribution in [-0.4, -0.2) is 59.8 Å². The van der Waals surface area contributed by atoms with Crippen molar-refractivity contribution in [1.82, 2.24) is 9.80 Å². The lowest BCUT2D eigenvalue weighted by molar-refractivity contribution is -0.137. The maximum atomic E-state index is 13.4. The van der Waals surface area contributed by atoms with Gasteiger partial charge in [0.1, 0.15) is 16.7 Å². The molecule has 3 heterocycles. The van der Waals surface area contributed by atoms with Gasteiger partial charge in [0.2, 0.25) is 5.91 Å². The van der Waals surface area contributed by atoms with Crippen molar-refractivity contribution >= 4 is 34.7 Å². The second-order valence-corrected chi connectivity index (χ2v) is 9.45. The molecule has 0 saturated carbocycles. The summed E-state index contributed by atoms with van der Waals surface area (Å²) in [5.74, 6) is -0.616. The molecular weight excluding hydrogens is 495 g/mol. The fourth-order valence-corrected chi connectivity index (χ4v) is 5.10. The first-order valence-electron chi connectivity index (χ1n) is 11.1. The van der Waals surface area contributed by atoms with Gasteiger partial charge in [-0.25, -0.2) is 0 Å². The van der Waals surface area contributed by atoms with Crippen molar-refractivity contribution in [2.45, 2.75) is 12.2 Å². The highest BCUT2D eigenvalue weighted by Gasteiger charge is 2.40. The average Bonchev–Trinajstić information content (AvgIpc) is 3.35. The average molecular weight is 516 g/mol. The highest BCUT2D eigenvalue weighted by Crippen LogP contribution is 2.39. The minimum absolute atomic E-state index is 0.00920. The molecule has 2 aromatic carbocycles. The second kappa shape index (κ2) is 9.30. The van der Waals surface area contributed by atoms with Gasteiger partial charge in [0, 0.05) is 18.0 Å². The van der Waals surface area contributed by atoms with Crippen molar-refractivity contribution in [2.24, 2.45) is 0 Å². The Bertz CT molecular complexity index is 1330. The monoisotopic (exact) mass is 515 g/mol. The molecular formula is C25H20F3N3O4S. The van der Waals surface area contributed by atoms with Gasteiger partial charge in [0.25, 0.3) is 11.8 Å². The molecule has 1 N–H and O–H groups in total. The lowest BCUT2D eigenvalue weighted by Crippen LogP contribution is -2.60. The highest BCUT2D eigenvalue weighted by atomic mass is 32.1. The Morgan fingerprint density at radius 2 is 1.83 bits per heavy atom. The molecule has 186 valence electrons. The quantitative estimate of drug-likeness (QED) is 0.567. The van der Waals surface area contributed by atoms with Crippen LogP contribution in [-0.2, 0) is 15.8 Å². The normalized spacial score (nSPS) is 17.7. The van der Waals surface area contributed by atoms with Gasteiger partial charge in [0.15, 0.2) is 6.61 Å². The third kappa shape index (κ3) is 4.66. The Hall–Kier alpha value is -3.86. The Morgan fingerprint density at radius 1 is 1.06 bits per heavy atom. The van der Waals surface area contributed by atoms with Crippen LogP contribution >= 0.6 is 11.3 Å². The largest absolute Gasteiger partial charge is 0.484 e. The van der Waals surface area contributed by atoms with Gasteiger partial charge in [-0.1, -0.05) is 24.3 Å². The third-order valence-electron chi connectivity index (χ3n) is 6.08. The van der Waals surface area contributed by atoms with E-state index in [1.807, 2.05) is 6.07 Å². The van der Waals surface area contributed by atoms with E-state index in [1.165, 1.54) is 28.0 Å². The number of carbonyl (C=O) groups excluding carboxylic acids is 3. The van der Waals surface area contributed by atoms with Crippen LogP contribution in [0.4, 0.5) is 18.9 Å². The number of nitrogens with zero attached hydrogens (tertiary/aromatic N) is 2. The molecule has 1 aromatic heterocycles. The summed E-state index contributed by atoms with van der Waals surface area (Å²) in [6.45, 7) is 0.169. The van der Waals surface area contributed by atoms with E-state index in [0.29, 0.717) is 27.5 Å². The zero-order valence-electron chi connectivity index (χ0n) is 18.7. The van der Waals surface area contributed by atoms with Crippen molar-refractivity contribution in [2.75, 3.05) is 31.6 Å². The van der Waals surface area contributed by atoms with Crippen molar-refractivity contribution < 1.29 is 32.3 Å². The number of rotatable bonds is 4. The molecule has 1 fully saturated rings. The van der Waals surface area contributed by atoms with E-state index >= 15 is 0 Å². The van der Waals surface area contributed by atoms with E-state index in [2.05, 4.69) is 5.32 Å². The molecule has 0 aliphatic carbocycles. The molecule has 0 spiro atoms. The fourth-order valence-electron chi connectivity index (χ4n) is 4.23. The SMILES string of the molecule is O=C1Nc2ccc(-c3ccc(C(F)(F)F)s3)cc2C(=O)N2CCN(C(=O)COc3ccccc3)CC12. The first-order chi connectivity index (χ1) is 17.2. The number of anilines is 1. The van der Waals surface area contributed by atoms with Crippen molar-refractivity contribution in [3.05, 3.63) is 71.1 Å². The summed E-state index contributed by atoms with van der Waals surface area (Å²) in [6, 6.07) is 14.9. The molecule has 3 amide bonds. The van der Waals surface area contributed by atoms with Gasteiger partial charge in [-0.15, -0.1) is 11.3 Å². The number of alkyl halides is 3. The number of thiophene rings is 1. The van der Waals surface area contributed by atoms with Gasteiger partial charge in [-0.3, -0.25) is 14.4 Å². The summed E-state index contributed by atoms with van der Waals surface area (Å²) in [6.07, 6.45) is -4.45. The topological polar surface area (TPSA) is 79.0 Å². The summed E-state index contributed by atoms with van der Waals surface area (Å²) in [5.41, 5.74) is 0.917. The maximum Gasteiger partial charge on any atom is 0.425 e. The Morgan fingerprint density at radius 3 is 2.56 bits per heavy atom. The smallest absolute Gasteiger partial charge is 0.425 e. The summed E-state index contributed by atoms with van der Waals surface area (Å²) >= 11 is 0.587. The number of hydrogen-bond acceptors (Lipinski definition) is 5. The number of fused-ring (bicyclic) bond motifs is 2. The lowest BCUT2D eigenvalue weighted by Gasteiger charge is -2.39. The summed E-state index contributed by atoms with van der Waals surface area (Å²) in [7, 11) is 0. The Kier molecular flexibility index (Phi) is 6.17. The van der Waals surface area contributed by atoms with E-state index in [0.717, 1.165) is 6.07 Å². The van der Waals surface area contributed by atoms with Crippen molar-refractivity contribution in [3.8, 4) is 16.2 Å². The zero-order chi connectivity index (χ0) is 25.4. The Labute approximate surface area is 208 Å². The van der Waals surface area contributed by atoms with E-state index in [1.54, 1.807) is 30.3 Å². The number of carbonyl (C=O) groups is 3. The van der Waals surface area contributed by atoms with Crippen LogP contribution in [0.25, 0.3) is 10.4 Å². The molecule has 3 aromatic rings. The number of halogens is 3. The fraction of sp³-hybridized carbons (Fsp3) is 0.240. The number of ether oxygens (including phenoxy) is 1. The molecule has 1 saturated heterocycles. The number of benzene rings is 2. The molecule has 0 bridgehead atoms. The predicted octanol–water partition coefficient (Wildman–Crippen LogP) is 4.12. The van der Waals surface area contributed by atoms with Crippen LogP contribution < -0.4 is 10.1 Å². The first-order valence-corrected chi connectivity index (χ1v) is 11.9. The van der Waals surface area contributed by atoms with Gasteiger partial charge < -0.3 is 19.9 Å². The van der Waals surface area contributed by atoms with Gasteiger partial charge in [-0.05, 0) is 42.0 Å². The van der Waals surface area contributed by atoms with Gasteiger partial charge in [0.05, 0.1) is 17.8 Å². The van der Waals surface area contributed by atoms with E-state index in [9.17, 15) is 27.6 Å². The van der Waals surface area contributed by atoms with Gasteiger partial charge >= 0.3 is 6.18 Å². The molecule has 2 aliphatic heterocycles. The number of hydrogen-bond donors (Lipinski definition) is 1. The standard InChI is InChI=1S/C25H20F3N3O4S/c26-25(27,28)21-9-8-20(36-21)15-6-7-18-17(12-15)24(34)31-11-10-30(13-19(31)23(33)29-18)22(32)14-35-16-4-2-1-3-5-16/h1-9,12,19H,10-11,13-14H2,(H,29,33). The lowest BCUT2D eigenvalue weighted by atomic mass is 10.1. The van der Waals surface area contributed by atoms with Crippen LogP contribution in [0.5, 0.6) is 5.75 Å². The number of piperazine rings is 1. The van der Waals surface area contributed by atoms with E-state index in [-0.39, 0.29) is 43.4 Å². The van der Waals surface area contributed by atoms with Crippen LogP contribution in [0.3, 0.4) is 0 Å². The predicted molar refractivity (Wildman–Crippen MR) is 127 cm³/mol. The molecule has 0 radical (unpaired) electrons. The molecule has 11 heteroatoms. The summed E-state index contributed by atoms with van der Waals surface area (Å²) < 4.78 is 44.6. The number of nitrogens with one attached hydrogen (secondary N) is 1. The minimum atomic E-state index is -4.45. The van der Waals surface area contributed by atoms with E-state index < -0.39 is 28.9 Å². The third-order valence-corrected chi connectivity index (χ3v) is 7.26. The number of para-hydroxylation sites is 1. The van der Waals surface area contributed by atoms with Gasteiger partial charge in [-0.2, -0.15) is 13.2 Å². The molecule has 7 nitrogen and oxygen atoms in total. The zero-order valence-corrected chi connectivity index (χ0v) is 19.6. The second-order valence-electron chi connectivity index (χ2n) is 8.37. The van der Waals surface area contributed by atoms with Crippen LogP contribution in [0, 0.1) is 0 Å². The summed E-state index contributed by atoms with van der Waals surface area (Å²) in [4.78, 5) is 41.6. The summed E-state index contributed by atoms with van der Waals surface area (Å²) in [5, 5.41) is 2.73. The Balaban J connectivity index is 1.33. The number of amides is 3. The van der Waals surface area contributed by atoms with Crippen molar-refractivity contribution in [1.29, 1.82) is 0 Å².